The van der Waals surface area contributed by atoms with Crippen molar-refractivity contribution >= 4 is 11.8 Å². The van der Waals surface area contributed by atoms with Crippen molar-refractivity contribution < 1.29 is 23.4 Å². The predicted octanol–water partition coefficient (Wildman–Crippen LogP) is 3.33. The van der Waals surface area contributed by atoms with E-state index < -0.39 is 24.2 Å². The van der Waals surface area contributed by atoms with Crippen LogP contribution in [0.4, 0.5) is 19.3 Å². The Morgan fingerprint density at radius 2 is 2.00 bits per heavy atom. The highest BCUT2D eigenvalue weighted by Crippen LogP contribution is 2.23. The fraction of sp³-hybridized carbons (Fsp3) is 0.462. The van der Waals surface area contributed by atoms with Crippen molar-refractivity contribution in [1.29, 1.82) is 0 Å². The average Bonchev–Trinajstić information content (AvgIpc) is 2.25. The summed E-state index contributed by atoms with van der Waals surface area (Å²) in [6.45, 7) is 5.14. The molecule has 106 valence electrons. The molecule has 0 aliphatic rings. The lowest BCUT2D eigenvalue weighted by atomic mass is 10.1. The number of aliphatic hydroxyl groups is 1. The third-order valence-corrected chi connectivity index (χ3v) is 2.11. The van der Waals surface area contributed by atoms with E-state index in [4.69, 9.17) is 4.74 Å². The molecule has 0 aliphatic carbocycles. The number of carbonyl (C=O) groups excluding carboxylic acids is 1. The van der Waals surface area contributed by atoms with Gasteiger partial charge in [-0.1, -0.05) is 12.1 Å². The molecule has 2 N–H and O–H groups in total. The average molecular weight is 273 g/mol. The normalized spacial score (nSPS) is 13.2. The molecular weight excluding hydrogens is 256 g/mol. The second kappa shape index (κ2) is 5.97. The van der Waals surface area contributed by atoms with Gasteiger partial charge < -0.3 is 9.84 Å². The van der Waals surface area contributed by atoms with E-state index >= 15 is 0 Å². The van der Waals surface area contributed by atoms with Crippen LogP contribution in [0.25, 0.3) is 0 Å². The summed E-state index contributed by atoms with van der Waals surface area (Å²) in [5.74, 6) is 0. The molecule has 0 saturated heterocycles. The molecule has 1 unspecified atom stereocenters. The Morgan fingerprint density at radius 3 is 2.53 bits per heavy atom. The van der Waals surface area contributed by atoms with Gasteiger partial charge in [-0.15, -0.1) is 0 Å². The molecule has 0 radical (unpaired) electrons. The van der Waals surface area contributed by atoms with Crippen LogP contribution in [0.2, 0.25) is 0 Å². The number of hydrogen-bond acceptors (Lipinski definition) is 3. The number of halogens is 2. The molecule has 4 nitrogen and oxygen atoms in total. The van der Waals surface area contributed by atoms with Crippen LogP contribution in [0, 0.1) is 0 Å². The minimum atomic E-state index is -2.88. The topological polar surface area (TPSA) is 58.6 Å². The Bertz CT molecular complexity index is 444. The van der Waals surface area contributed by atoms with E-state index in [0.29, 0.717) is 0 Å². The quantitative estimate of drug-likeness (QED) is 0.888. The molecule has 0 saturated carbocycles. The monoisotopic (exact) mass is 273 g/mol. The Hall–Kier alpha value is -1.69. The van der Waals surface area contributed by atoms with Gasteiger partial charge >= 0.3 is 6.09 Å². The summed E-state index contributed by atoms with van der Waals surface area (Å²) in [4.78, 5) is 11.5. The highest BCUT2D eigenvalue weighted by Gasteiger charge is 2.20. The second-order valence-electron chi connectivity index (χ2n) is 5.03. The first-order chi connectivity index (χ1) is 8.69. The van der Waals surface area contributed by atoms with Gasteiger partial charge in [-0.05, 0) is 38.5 Å². The molecule has 0 spiro atoms. The van der Waals surface area contributed by atoms with Gasteiger partial charge in [0, 0.05) is 5.69 Å². The summed E-state index contributed by atoms with van der Waals surface area (Å²) < 4.78 is 29.8. The molecule has 1 amide bonds. The number of alkyl halides is 2. The lowest BCUT2D eigenvalue weighted by molar-refractivity contribution is -0.00574. The maximum Gasteiger partial charge on any atom is 0.412 e. The van der Waals surface area contributed by atoms with Crippen LogP contribution in [0.1, 0.15) is 32.4 Å². The van der Waals surface area contributed by atoms with E-state index in [9.17, 15) is 18.7 Å². The van der Waals surface area contributed by atoms with E-state index in [-0.39, 0.29) is 11.3 Å². The van der Waals surface area contributed by atoms with Crippen LogP contribution < -0.4 is 5.32 Å². The third-order valence-electron chi connectivity index (χ3n) is 2.11. The van der Waals surface area contributed by atoms with E-state index in [1.165, 1.54) is 24.3 Å². The third kappa shape index (κ3) is 5.21. The number of rotatable bonds is 3. The van der Waals surface area contributed by atoms with Gasteiger partial charge in [0.1, 0.15) is 11.7 Å². The molecule has 0 aromatic heterocycles. The molecule has 1 aromatic rings. The maximum absolute atomic E-state index is 12.4. The van der Waals surface area contributed by atoms with E-state index in [1.807, 2.05) is 0 Å². The molecule has 1 atom stereocenters. The first kappa shape index (κ1) is 15.4. The van der Waals surface area contributed by atoms with Crippen LogP contribution in [-0.4, -0.2) is 23.2 Å². The standard InChI is InChI=1S/C13H17F2NO3/c1-13(2,3)19-12(18)16-9-6-4-5-8(7-9)10(17)11(14)15/h4-7,10-11,17H,1-3H3,(H,16,18). The molecule has 1 aromatic carbocycles. The van der Waals surface area contributed by atoms with Crippen LogP contribution >= 0.6 is 0 Å². The van der Waals surface area contributed by atoms with Gasteiger partial charge in [-0.3, -0.25) is 5.32 Å². The lowest BCUT2D eigenvalue weighted by Gasteiger charge is -2.20. The van der Waals surface area contributed by atoms with E-state index in [1.54, 1.807) is 20.8 Å². The first-order valence-corrected chi connectivity index (χ1v) is 5.75. The fourth-order valence-electron chi connectivity index (χ4n) is 1.37. The zero-order chi connectivity index (χ0) is 14.6. The zero-order valence-corrected chi connectivity index (χ0v) is 11.0. The van der Waals surface area contributed by atoms with Crippen molar-refractivity contribution in [2.75, 3.05) is 5.32 Å². The van der Waals surface area contributed by atoms with Crippen molar-refractivity contribution in [1.82, 2.24) is 0 Å². The zero-order valence-electron chi connectivity index (χ0n) is 11.0. The summed E-state index contributed by atoms with van der Waals surface area (Å²) in [7, 11) is 0. The van der Waals surface area contributed by atoms with Crippen LogP contribution in [0.3, 0.4) is 0 Å². The summed E-state index contributed by atoms with van der Waals surface area (Å²) in [6, 6.07) is 5.62. The molecule has 19 heavy (non-hydrogen) atoms. The minimum absolute atomic E-state index is 0.0311. The van der Waals surface area contributed by atoms with E-state index in [2.05, 4.69) is 5.32 Å². The number of benzene rings is 1. The Labute approximate surface area is 110 Å². The smallest absolute Gasteiger partial charge is 0.412 e. The summed E-state index contributed by atoms with van der Waals surface area (Å²) >= 11 is 0. The van der Waals surface area contributed by atoms with Crippen molar-refractivity contribution in [2.24, 2.45) is 0 Å². The van der Waals surface area contributed by atoms with Gasteiger partial charge in [0.2, 0.25) is 0 Å². The lowest BCUT2D eigenvalue weighted by Crippen LogP contribution is -2.27. The summed E-state index contributed by atoms with van der Waals surface area (Å²) in [6.07, 6.45) is -5.44. The van der Waals surface area contributed by atoms with Gasteiger partial charge in [0.25, 0.3) is 6.43 Å². The number of ether oxygens (including phenoxy) is 1. The number of amides is 1. The molecular formula is C13H17F2NO3. The van der Waals surface area contributed by atoms with Crippen molar-refractivity contribution in [3.63, 3.8) is 0 Å². The first-order valence-electron chi connectivity index (χ1n) is 5.75. The number of aliphatic hydroxyl groups excluding tert-OH is 1. The van der Waals surface area contributed by atoms with Gasteiger partial charge in [-0.25, -0.2) is 13.6 Å². The maximum atomic E-state index is 12.4. The number of hydrogen-bond donors (Lipinski definition) is 2. The molecule has 1 rings (SSSR count). The summed E-state index contributed by atoms with van der Waals surface area (Å²) in [5, 5.41) is 11.7. The summed E-state index contributed by atoms with van der Waals surface area (Å²) in [5.41, 5.74) is -0.334. The molecule has 0 aliphatic heterocycles. The second-order valence-corrected chi connectivity index (χ2v) is 5.03. The largest absolute Gasteiger partial charge is 0.444 e. The van der Waals surface area contributed by atoms with Crippen LogP contribution in [0.15, 0.2) is 24.3 Å². The van der Waals surface area contributed by atoms with Crippen LogP contribution in [-0.2, 0) is 4.74 Å². The van der Waals surface area contributed by atoms with Crippen molar-refractivity contribution in [2.45, 2.75) is 38.9 Å². The Kier molecular flexibility index (Phi) is 4.83. The highest BCUT2D eigenvalue weighted by molar-refractivity contribution is 5.84. The van der Waals surface area contributed by atoms with Gasteiger partial charge in [0.05, 0.1) is 0 Å². The Balaban J connectivity index is 2.75. The molecule has 0 fully saturated rings. The number of nitrogens with one attached hydrogen (secondary N) is 1. The predicted molar refractivity (Wildman–Crippen MR) is 67.3 cm³/mol. The Morgan fingerprint density at radius 1 is 1.37 bits per heavy atom. The van der Waals surface area contributed by atoms with Crippen molar-refractivity contribution in [3.8, 4) is 0 Å². The van der Waals surface area contributed by atoms with Gasteiger partial charge in [0.15, 0.2) is 0 Å². The highest BCUT2D eigenvalue weighted by atomic mass is 19.3. The van der Waals surface area contributed by atoms with Crippen molar-refractivity contribution in [3.05, 3.63) is 29.8 Å². The fourth-order valence-corrected chi connectivity index (χ4v) is 1.37. The SMILES string of the molecule is CC(C)(C)OC(=O)Nc1cccc(C(O)C(F)F)c1. The molecule has 0 bridgehead atoms. The minimum Gasteiger partial charge on any atom is -0.444 e. The number of carbonyl (C=O) groups is 1. The molecule has 0 heterocycles. The van der Waals surface area contributed by atoms with Crippen LogP contribution in [0.5, 0.6) is 0 Å². The van der Waals surface area contributed by atoms with Gasteiger partial charge in [-0.2, -0.15) is 0 Å². The number of anilines is 1. The molecule has 6 heteroatoms. The van der Waals surface area contributed by atoms with E-state index in [0.717, 1.165) is 0 Å².